The molecule has 4 rings (SSSR count). The Hall–Kier alpha value is -3.20. The van der Waals surface area contributed by atoms with Crippen molar-refractivity contribution < 1.29 is 18.0 Å². The lowest BCUT2D eigenvalue weighted by molar-refractivity contribution is -0.122. The van der Waals surface area contributed by atoms with Crippen LogP contribution in [0.5, 0.6) is 0 Å². The Balaban J connectivity index is 1.57. The SMILES string of the molecule is CC(C)CC(=O)N[C@@H](Cc1ccc(C2CC(=O)NS2(=O)=O)cc1)c1nc2ccccc2[nH]1. The van der Waals surface area contributed by atoms with Crippen molar-refractivity contribution in [3.8, 4) is 0 Å². The molecule has 0 radical (unpaired) electrons. The molecule has 32 heavy (non-hydrogen) atoms. The van der Waals surface area contributed by atoms with Crippen molar-refractivity contribution in [1.29, 1.82) is 0 Å². The van der Waals surface area contributed by atoms with Gasteiger partial charge in [0.1, 0.15) is 11.1 Å². The molecule has 2 atom stereocenters. The van der Waals surface area contributed by atoms with Gasteiger partial charge in [-0.3, -0.25) is 14.3 Å². The third kappa shape index (κ3) is 4.83. The number of fused-ring (bicyclic) bond motifs is 1. The van der Waals surface area contributed by atoms with Crippen molar-refractivity contribution in [2.45, 2.75) is 44.4 Å². The van der Waals surface area contributed by atoms with Crippen molar-refractivity contribution in [3.05, 3.63) is 65.5 Å². The average molecular weight is 455 g/mol. The van der Waals surface area contributed by atoms with Gasteiger partial charge in [0, 0.05) is 6.42 Å². The van der Waals surface area contributed by atoms with E-state index in [0.717, 1.165) is 16.6 Å². The second-order valence-corrected chi connectivity index (χ2v) is 10.4. The number of rotatable bonds is 7. The van der Waals surface area contributed by atoms with E-state index in [-0.39, 0.29) is 24.3 Å². The summed E-state index contributed by atoms with van der Waals surface area (Å²) in [5.41, 5.74) is 3.20. The van der Waals surface area contributed by atoms with E-state index in [1.807, 2.05) is 55.0 Å². The molecule has 1 saturated heterocycles. The molecule has 2 heterocycles. The number of hydrogen-bond acceptors (Lipinski definition) is 5. The summed E-state index contributed by atoms with van der Waals surface area (Å²) in [5, 5.41) is 2.21. The van der Waals surface area contributed by atoms with Crippen molar-refractivity contribution in [1.82, 2.24) is 20.0 Å². The van der Waals surface area contributed by atoms with Gasteiger partial charge in [-0.15, -0.1) is 0 Å². The number of H-pyrrole nitrogens is 1. The van der Waals surface area contributed by atoms with E-state index < -0.39 is 21.2 Å². The maximum atomic E-state index is 12.5. The first-order chi connectivity index (χ1) is 15.2. The predicted octanol–water partition coefficient (Wildman–Crippen LogP) is 2.90. The Morgan fingerprint density at radius 1 is 1.16 bits per heavy atom. The molecule has 0 saturated carbocycles. The topological polar surface area (TPSA) is 121 Å². The van der Waals surface area contributed by atoms with Crippen LogP contribution < -0.4 is 10.0 Å². The minimum Gasteiger partial charge on any atom is -0.346 e. The highest BCUT2D eigenvalue weighted by atomic mass is 32.2. The molecule has 1 aliphatic heterocycles. The molecule has 3 aromatic rings. The van der Waals surface area contributed by atoms with Crippen LogP contribution in [-0.2, 0) is 26.0 Å². The quantitative estimate of drug-likeness (QED) is 0.507. The van der Waals surface area contributed by atoms with Crippen LogP contribution in [0.1, 0.15) is 54.9 Å². The normalized spacial score (nSPS) is 18.6. The third-order valence-electron chi connectivity index (χ3n) is 5.46. The molecule has 9 heteroatoms. The second kappa shape index (κ2) is 8.74. The average Bonchev–Trinajstić information content (AvgIpc) is 3.27. The molecule has 2 amide bonds. The Morgan fingerprint density at radius 2 is 1.88 bits per heavy atom. The van der Waals surface area contributed by atoms with Gasteiger partial charge in [0.2, 0.25) is 21.8 Å². The zero-order valence-corrected chi connectivity index (χ0v) is 18.8. The highest BCUT2D eigenvalue weighted by molar-refractivity contribution is 7.90. The number of benzene rings is 2. The first kappa shape index (κ1) is 22.0. The number of sulfonamides is 1. The number of aromatic amines is 1. The van der Waals surface area contributed by atoms with Gasteiger partial charge in [0.15, 0.2) is 0 Å². The van der Waals surface area contributed by atoms with Gasteiger partial charge in [0.05, 0.1) is 23.5 Å². The number of aromatic nitrogens is 2. The smallest absolute Gasteiger partial charge is 0.242 e. The van der Waals surface area contributed by atoms with Gasteiger partial charge < -0.3 is 10.3 Å². The van der Waals surface area contributed by atoms with Gasteiger partial charge in [-0.2, -0.15) is 0 Å². The monoisotopic (exact) mass is 454 g/mol. The Bertz CT molecular complexity index is 1220. The van der Waals surface area contributed by atoms with E-state index in [4.69, 9.17) is 0 Å². The lowest BCUT2D eigenvalue weighted by Crippen LogP contribution is -2.31. The Labute approximate surface area is 186 Å². The molecule has 0 bridgehead atoms. The van der Waals surface area contributed by atoms with E-state index >= 15 is 0 Å². The fourth-order valence-corrected chi connectivity index (χ4v) is 5.36. The number of para-hydroxylation sites is 2. The third-order valence-corrected chi connectivity index (χ3v) is 7.16. The van der Waals surface area contributed by atoms with Crippen LogP contribution in [0, 0.1) is 5.92 Å². The molecule has 8 nitrogen and oxygen atoms in total. The summed E-state index contributed by atoms with van der Waals surface area (Å²) >= 11 is 0. The zero-order valence-electron chi connectivity index (χ0n) is 18.0. The van der Waals surface area contributed by atoms with Crippen LogP contribution in [0.15, 0.2) is 48.5 Å². The van der Waals surface area contributed by atoms with Crippen LogP contribution in [0.25, 0.3) is 11.0 Å². The summed E-state index contributed by atoms with van der Waals surface area (Å²) < 4.78 is 26.3. The van der Waals surface area contributed by atoms with Gasteiger partial charge in [-0.05, 0) is 35.6 Å². The minimum absolute atomic E-state index is 0.0521. The fraction of sp³-hybridized carbons (Fsp3) is 0.348. The highest BCUT2D eigenvalue weighted by Crippen LogP contribution is 2.30. The molecule has 3 N–H and O–H groups in total. The van der Waals surface area contributed by atoms with Gasteiger partial charge in [-0.25, -0.2) is 13.4 Å². The molecule has 1 aromatic heterocycles. The standard InChI is InChI=1S/C23H26N4O4S/c1-14(2)11-21(28)24-19(23-25-17-5-3-4-6-18(17)26-23)12-15-7-9-16(10-8-15)20-13-22(29)27-32(20,30)31/h3-10,14,19-20H,11-13H2,1-2H3,(H,24,28)(H,25,26)(H,27,29)/t19-,20?/m0/s1. The number of hydrogen-bond donors (Lipinski definition) is 3. The maximum absolute atomic E-state index is 12.5. The number of nitrogens with one attached hydrogen (secondary N) is 3. The van der Waals surface area contributed by atoms with Gasteiger partial charge in [-0.1, -0.05) is 50.2 Å². The van der Waals surface area contributed by atoms with Gasteiger partial charge in [0.25, 0.3) is 0 Å². The maximum Gasteiger partial charge on any atom is 0.242 e. The van der Waals surface area contributed by atoms with E-state index in [1.54, 1.807) is 12.1 Å². The molecule has 0 aliphatic carbocycles. The molecule has 1 unspecified atom stereocenters. The molecule has 1 fully saturated rings. The van der Waals surface area contributed by atoms with Crippen LogP contribution in [0.4, 0.5) is 0 Å². The first-order valence-corrected chi connectivity index (χ1v) is 12.1. The van der Waals surface area contributed by atoms with E-state index in [9.17, 15) is 18.0 Å². The molecule has 0 spiro atoms. The molecular weight excluding hydrogens is 428 g/mol. The number of amides is 2. The Morgan fingerprint density at radius 3 is 2.50 bits per heavy atom. The summed E-state index contributed by atoms with van der Waals surface area (Å²) in [7, 11) is -3.68. The number of carbonyl (C=O) groups is 2. The fourth-order valence-electron chi connectivity index (χ4n) is 3.93. The van der Waals surface area contributed by atoms with Crippen LogP contribution in [0.3, 0.4) is 0 Å². The first-order valence-electron chi connectivity index (χ1n) is 10.6. The summed E-state index contributed by atoms with van der Waals surface area (Å²) in [4.78, 5) is 32.0. The molecule has 168 valence electrons. The summed E-state index contributed by atoms with van der Waals surface area (Å²) in [6.07, 6.45) is 0.823. The summed E-state index contributed by atoms with van der Waals surface area (Å²) in [6.45, 7) is 3.98. The Kier molecular flexibility index (Phi) is 6.01. The number of nitrogens with zero attached hydrogens (tertiary/aromatic N) is 1. The van der Waals surface area contributed by atoms with Crippen molar-refractivity contribution >= 4 is 32.9 Å². The minimum atomic E-state index is -3.68. The lowest BCUT2D eigenvalue weighted by atomic mass is 10.0. The number of imidazole rings is 1. The summed E-state index contributed by atoms with van der Waals surface area (Å²) in [5.74, 6) is 0.358. The highest BCUT2D eigenvalue weighted by Gasteiger charge is 2.37. The second-order valence-electron chi connectivity index (χ2n) is 8.57. The van der Waals surface area contributed by atoms with E-state index in [1.165, 1.54) is 0 Å². The van der Waals surface area contributed by atoms with Gasteiger partial charge >= 0.3 is 0 Å². The van der Waals surface area contributed by atoms with Crippen molar-refractivity contribution in [2.24, 2.45) is 5.92 Å². The van der Waals surface area contributed by atoms with Crippen LogP contribution in [-0.4, -0.2) is 30.2 Å². The van der Waals surface area contributed by atoms with Crippen LogP contribution in [0.2, 0.25) is 0 Å². The predicted molar refractivity (Wildman–Crippen MR) is 121 cm³/mol. The van der Waals surface area contributed by atoms with Crippen molar-refractivity contribution in [3.63, 3.8) is 0 Å². The van der Waals surface area contributed by atoms with E-state index in [2.05, 4.69) is 15.3 Å². The number of carbonyl (C=O) groups excluding carboxylic acids is 2. The molecule has 2 aromatic carbocycles. The van der Waals surface area contributed by atoms with Crippen molar-refractivity contribution in [2.75, 3.05) is 0 Å². The summed E-state index contributed by atoms with van der Waals surface area (Å²) in [6, 6.07) is 14.4. The van der Waals surface area contributed by atoms with Crippen LogP contribution >= 0.6 is 0 Å². The lowest BCUT2D eigenvalue weighted by Gasteiger charge is -2.18. The van der Waals surface area contributed by atoms with E-state index in [0.29, 0.717) is 24.2 Å². The molecule has 1 aliphatic rings. The zero-order chi connectivity index (χ0) is 22.9. The molecular formula is C23H26N4O4S. The largest absolute Gasteiger partial charge is 0.346 e.